The molecular weight excluding hydrogens is 324 g/mol. The minimum absolute atomic E-state index is 0.0196. The van der Waals surface area contributed by atoms with E-state index in [0.29, 0.717) is 6.04 Å². The topological polar surface area (TPSA) is 36.3 Å². The number of aromatic nitrogens is 2. The molecule has 4 atom stereocenters. The van der Waals surface area contributed by atoms with E-state index in [1.165, 1.54) is 42.5 Å². The van der Waals surface area contributed by atoms with Gasteiger partial charge in [0.1, 0.15) is 6.10 Å². The molecule has 1 spiro atoms. The lowest BCUT2D eigenvalue weighted by Gasteiger charge is -2.51. The van der Waals surface area contributed by atoms with E-state index in [9.17, 15) is 0 Å². The van der Waals surface area contributed by atoms with Gasteiger partial charge in [0.15, 0.2) is 5.79 Å². The molecule has 2 heterocycles. The first kappa shape index (κ1) is 16.8. The highest BCUT2D eigenvalue weighted by Gasteiger charge is 2.60. The van der Waals surface area contributed by atoms with Crippen LogP contribution in [-0.4, -0.2) is 27.8 Å². The first-order valence-corrected chi connectivity index (χ1v) is 10.3. The van der Waals surface area contributed by atoms with Crippen LogP contribution in [0.3, 0.4) is 0 Å². The van der Waals surface area contributed by atoms with Crippen LogP contribution >= 0.6 is 0 Å². The van der Waals surface area contributed by atoms with Crippen LogP contribution in [0.4, 0.5) is 0 Å². The summed E-state index contributed by atoms with van der Waals surface area (Å²) in [7, 11) is 0. The molecule has 5 rings (SSSR count). The van der Waals surface area contributed by atoms with Crippen LogP contribution in [0.25, 0.3) is 6.08 Å². The predicted octanol–water partition coefficient (Wildman–Crippen LogP) is 4.81. The molecule has 140 valence electrons. The van der Waals surface area contributed by atoms with Gasteiger partial charge >= 0.3 is 0 Å². The maximum atomic E-state index is 6.54. The molecule has 4 nitrogen and oxygen atoms in total. The zero-order chi connectivity index (χ0) is 17.9. The van der Waals surface area contributed by atoms with Gasteiger partial charge in [0.2, 0.25) is 0 Å². The van der Waals surface area contributed by atoms with Crippen LogP contribution in [0.2, 0.25) is 0 Å². The number of nitrogens with zero attached hydrogens (tertiary/aromatic N) is 2. The molecule has 1 aromatic heterocycles. The Hall–Kier alpha value is -1.39. The molecule has 1 aliphatic heterocycles. The van der Waals surface area contributed by atoms with Crippen LogP contribution in [0.1, 0.15) is 76.1 Å². The molecule has 1 aromatic rings. The zero-order valence-electron chi connectivity index (χ0n) is 16.0. The summed E-state index contributed by atoms with van der Waals surface area (Å²) in [5.74, 6) is -0.525. The van der Waals surface area contributed by atoms with Gasteiger partial charge < -0.3 is 9.47 Å². The van der Waals surface area contributed by atoms with Crippen LogP contribution in [0, 0.1) is 5.41 Å². The minimum Gasteiger partial charge on any atom is -0.343 e. The standard InChI is InChI=1S/C22H30N2O2/c1-4-20-15(2)25-22(26-20)11-7-8-17-12-19-16(13-21(17,22)3)14-23-24(19)18-9-5-6-10-18/h4,12,14-15,18,20H,1,5-11,13H2,2-3H3/t15-,20-,21+,22?/m1/s1. The lowest BCUT2D eigenvalue weighted by Crippen LogP contribution is -2.53. The Morgan fingerprint density at radius 2 is 2.08 bits per heavy atom. The summed E-state index contributed by atoms with van der Waals surface area (Å²) in [4.78, 5) is 0. The van der Waals surface area contributed by atoms with E-state index in [0.717, 1.165) is 25.7 Å². The minimum atomic E-state index is -0.525. The molecule has 26 heavy (non-hydrogen) atoms. The second kappa shape index (κ2) is 5.80. The Kier molecular flexibility index (Phi) is 3.74. The largest absolute Gasteiger partial charge is 0.343 e. The fourth-order valence-electron chi connectivity index (χ4n) is 5.80. The summed E-state index contributed by atoms with van der Waals surface area (Å²) in [6.07, 6.45) is 15.8. The second-order valence-corrected chi connectivity index (χ2v) is 8.86. The van der Waals surface area contributed by atoms with Gasteiger partial charge in [-0.15, -0.1) is 6.58 Å². The fraction of sp³-hybridized carbons (Fsp3) is 0.682. The third-order valence-corrected chi connectivity index (χ3v) is 7.34. The highest BCUT2D eigenvalue weighted by Crippen LogP contribution is 2.58. The summed E-state index contributed by atoms with van der Waals surface area (Å²) >= 11 is 0. The SMILES string of the molecule is C=C[C@H]1OC2(CCCC3=Cc4c(cnn4C4CCCC4)C[C@@]32C)O[C@@H]1C. The maximum Gasteiger partial charge on any atom is 0.178 e. The van der Waals surface area contributed by atoms with Crippen molar-refractivity contribution in [3.63, 3.8) is 0 Å². The first-order valence-electron chi connectivity index (χ1n) is 10.3. The molecule has 0 radical (unpaired) electrons. The Balaban J connectivity index is 1.55. The Morgan fingerprint density at radius 1 is 1.27 bits per heavy atom. The third-order valence-electron chi connectivity index (χ3n) is 7.34. The molecule has 0 aromatic carbocycles. The van der Waals surface area contributed by atoms with Crippen LogP contribution < -0.4 is 0 Å². The first-order chi connectivity index (χ1) is 12.6. The van der Waals surface area contributed by atoms with Gasteiger partial charge in [-0.25, -0.2) is 0 Å². The highest BCUT2D eigenvalue weighted by molar-refractivity contribution is 5.60. The number of fused-ring (bicyclic) bond motifs is 3. The average Bonchev–Trinajstić information content (AvgIpc) is 3.33. The van der Waals surface area contributed by atoms with Gasteiger partial charge in [-0.3, -0.25) is 4.68 Å². The fourth-order valence-corrected chi connectivity index (χ4v) is 5.80. The molecule has 3 fully saturated rings. The molecule has 0 bridgehead atoms. The molecule has 0 amide bonds. The van der Waals surface area contributed by atoms with Crippen molar-refractivity contribution in [3.8, 4) is 0 Å². The Morgan fingerprint density at radius 3 is 2.81 bits per heavy atom. The second-order valence-electron chi connectivity index (χ2n) is 8.86. The summed E-state index contributed by atoms with van der Waals surface area (Å²) < 4.78 is 15.4. The normalized spacial score (nSPS) is 39.7. The summed E-state index contributed by atoms with van der Waals surface area (Å²) in [5.41, 5.74) is 4.06. The molecule has 4 aliphatic rings. The van der Waals surface area contributed by atoms with Gasteiger partial charge in [0.05, 0.1) is 24.0 Å². The number of hydrogen-bond acceptors (Lipinski definition) is 3. The van der Waals surface area contributed by atoms with Crippen molar-refractivity contribution in [2.24, 2.45) is 5.41 Å². The van der Waals surface area contributed by atoms with Gasteiger partial charge in [-0.05, 0) is 50.7 Å². The van der Waals surface area contributed by atoms with Crippen molar-refractivity contribution >= 4 is 6.08 Å². The quantitative estimate of drug-likeness (QED) is 0.715. The maximum absolute atomic E-state index is 6.54. The van der Waals surface area contributed by atoms with E-state index < -0.39 is 5.79 Å². The molecule has 4 heteroatoms. The molecule has 2 saturated carbocycles. The Labute approximate surface area is 156 Å². The smallest absolute Gasteiger partial charge is 0.178 e. The van der Waals surface area contributed by atoms with Gasteiger partial charge in [-0.1, -0.05) is 31.4 Å². The monoisotopic (exact) mass is 354 g/mol. The number of rotatable bonds is 2. The van der Waals surface area contributed by atoms with Crippen LogP contribution in [-0.2, 0) is 15.9 Å². The van der Waals surface area contributed by atoms with Crippen molar-refractivity contribution in [2.75, 3.05) is 0 Å². The van der Waals surface area contributed by atoms with Gasteiger partial charge in [-0.2, -0.15) is 5.10 Å². The van der Waals surface area contributed by atoms with Crippen molar-refractivity contribution in [1.29, 1.82) is 0 Å². The molecular formula is C22H30N2O2. The third kappa shape index (κ3) is 2.18. The van der Waals surface area contributed by atoms with Crippen molar-refractivity contribution < 1.29 is 9.47 Å². The van der Waals surface area contributed by atoms with E-state index in [1.54, 1.807) is 0 Å². The lowest BCUT2D eigenvalue weighted by atomic mass is 9.62. The molecule has 1 unspecified atom stereocenters. The predicted molar refractivity (Wildman–Crippen MR) is 102 cm³/mol. The molecule has 3 aliphatic carbocycles. The van der Waals surface area contributed by atoms with Gasteiger partial charge in [0.25, 0.3) is 0 Å². The molecule has 0 N–H and O–H groups in total. The summed E-state index contributed by atoms with van der Waals surface area (Å²) in [5, 5.41) is 4.80. The van der Waals surface area contributed by atoms with E-state index in [-0.39, 0.29) is 17.6 Å². The van der Waals surface area contributed by atoms with Crippen molar-refractivity contribution in [1.82, 2.24) is 9.78 Å². The number of hydrogen-bond donors (Lipinski definition) is 0. The van der Waals surface area contributed by atoms with E-state index >= 15 is 0 Å². The number of ether oxygens (including phenoxy) is 2. The summed E-state index contributed by atoms with van der Waals surface area (Å²) in [6, 6.07) is 0.585. The molecule has 1 saturated heterocycles. The van der Waals surface area contributed by atoms with Gasteiger partial charge in [0, 0.05) is 11.8 Å². The Bertz CT molecular complexity index is 760. The highest BCUT2D eigenvalue weighted by atomic mass is 16.8. The van der Waals surface area contributed by atoms with Crippen LogP contribution in [0.15, 0.2) is 24.4 Å². The lowest BCUT2D eigenvalue weighted by molar-refractivity contribution is -0.245. The van der Waals surface area contributed by atoms with E-state index in [2.05, 4.69) is 37.4 Å². The van der Waals surface area contributed by atoms with E-state index in [4.69, 9.17) is 14.6 Å². The van der Waals surface area contributed by atoms with Crippen LogP contribution in [0.5, 0.6) is 0 Å². The van der Waals surface area contributed by atoms with Crippen molar-refractivity contribution in [3.05, 3.63) is 35.7 Å². The average molecular weight is 354 g/mol. The van der Waals surface area contributed by atoms with E-state index in [1.807, 2.05) is 6.08 Å². The zero-order valence-corrected chi connectivity index (χ0v) is 16.0. The summed E-state index contributed by atoms with van der Waals surface area (Å²) in [6.45, 7) is 8.39. The van der Waals surface area contributed by atoms with Crippen molar-refractivity contribution in [2.45, 2.75) is 89.3 Å².